The Morgan fingerprint density at radius 3 is 2.79 bits per heavy atom. The molecule has 0 bridgehead atoms. The lowest BCUT2D eigenvalue weighted by molar-refractivity contribution is 0.391. The normalized spacial score (nSPS) is 11.0. The molecule has 0 aliphatic rings. The van der Waals surface area contributed by atoms with Crippen molar-refractivity contribution in [3.8, 4) is 28.5 Å². The maximum Gasteiger partial charge on any atom is 0.237 e. The van der Waals surface area contributed by atoms with Gasteiger partial charge in [0.25, 0.3) is 0 Å². The first-order valence-corrected chi connectivity index (χ1v) is 9.69. The van der Waals surface area contributed by atoms with E-state index < -0.39 is 0 Å². The Bertz CT molecular complexity index is 1110. The zero-order valence-corrected chi connectivity index (χ0v) is 16.6. The molecule has 0 unspecified atom stereocenters. The van der Waals surface area contributed by atoms with Crippen LogP contribution in [0.2, 0.25) is 0 Å². The molecule has 8 heteroatoms. The fraction of sp³-hybridized carbons (Fsp3) is 0.200. The number of methoxy groups -OCH3 is 1. The van der Waals surface area contributed by atoms with Crippen LogP contribution in [0.4, 0.5) is 0 Å². The Kier molecular flexibility index (Phi) is 5.12. The number of aryl methyl sites for hydroxylation is 1. The topological polar surface area (TPSA) is 78.9 Å². The van der Waals surface area contributed by atoms with E-state index in [4.69, 9.17) is 9.26 Å². The fourth-order valence-electron chi connectivity index (χ4n) is 2.82. The van der Waals surface area contributed by atoms with Gasteiger partial charge in [0.1, 0.15) is 5.75 Å². The van der Waals surface area contributed by atoms with Gasteiger partial charge in [0, 0.05) is 18.2 Å². The number of hydrogen-bond acceptors (Lipinski definition) is 7. The molecule has 0 saturated heterocycles. The smallest absolute Gasteiger partial charge is 0.237 e. The highest BCUT2D eigenvalue weighted by molar-refractivity contribution is 7.98. The number of hydrogen-bond donors (Lipinski definition) is 0. The highest BCUT2D eigenvalue weighted by Gasteiger charge is 2.15. The molecule has 0 atom stereocenters. The number of thioether (sulfide) groups is 1. The van der Waals surface area contributed by atoms with E-state index in [1.54, 1.807) is 7.11 Å². The minimum absolute atomic E-state index is 0.511. The van der Waals surface area contributed by atoms with Crippen LogP contribution in [0.5, 0.6) is 5.75 Å². The van der Waals surface area contributed by atoms with Crippen LogP contribution >= 0.6 is 11.8 Å². The van der Waals surface area contributed by atoms with Crippen LogP contribution in [0, 0.1) is 6.92 Å². The van der Waals surface area contributed by atoms with Crippen molar-refractivity contribution < 1.29 is 9.26 Å². The fourth-order valence-corrected chi connectivity index (χ4v) is 3.57. The number of nitrogens with zero attached hydrogens (tertiary/aromatic N) is 5. The van der Waals surface area contributed by atoms with E-state index in [0.717, 1.165) is 33.4 Å². The quantitative estimate of drug-likeness (QED) is 0.456. The monoisotopic (exact) mass is 393 g/mol. The van der Waals surface area contributed by atoms with Crippen molar-refractivity contribution in [3.63, 3.8) is 0 Å². The third-order valence-electron chi connectivity index (χ3n) is 4.34. The third kappa shape index (κ3) is 3.63. The molecule has 0 fully saturated rings. The summed E-state index contributed by atoms with van der Waals surface area (Å²) in [5, 5.41) is 13.5. The van der Waals surface area contributed by atoms with E-state index in [1.165, 1.54) is 11.8 Å². The summed E-state index contributed by atoms with van der Waals surface area (Å²) < 4.78 is 12.6. The lowest BCUT2D eigenvalue weighted by Crippen LogP contribution is -1.96. The van der Waals surface area contributed by atoms with Gasteiger partial charge in [-0.15, -0.1) is 10.2 Å². The van der Waals surface area contributed by atoms with Gasteiger partial charge in [0.2, 0.25) is 11.7 Å². The van der Waals surface area contributed by atoms with E-state index in [9.17, 15) is 0 Å². The molecule has 0 spiro atoms. The number of aromatic nitrogens is 5. The first kappa shape index (κ1) is 18.2. The van der Waals surface area contributed by atoms with Gasteiger partial charge in [-0.3, -0.25) is 0 Å². The number of ether oxygens (including phenoxy) is 1. The first-order chi connectivity index (χ1) is 13.7. The summed E-state index contributed by atoms with van der Waals surface area (Å²) in [6.07, 6.45) is 0. The van der Waals surface area contributed by atoms with Gasteiger partial charge in [-0.1, -0.05) is 53.3 Å². The molecule has 0 amide bonds. The highest BCUT2D eigenvalue weighted by Crippen LogP contribution is 2.27. The molecule has 28 heavy (non-hydrogen) atoms. The van der Waals surface area contributed by atoms with Crippen LogP contribution in [0.1, 0.15) is 11.5 Å². The van der Waals surface area contributed by atoms with Gasteiger partial charge < -0.3 is 13.8 Å². The summed E-state index contributed by atoms with van der Waals surface area (Å²) >= 11 is 1.51. The molecule has 7 nitrogen and oxygen atoms in total. The van der Waals surface area contributed by atoms with Crippen LogP contribution in [0.25, 0.3) is 22.8 Å². The molecule has 4 aromatic rings. The minimum atomic E-state index is 0.511. The molecule has 0 aliphatic heterocycles. The average molecular weight is 393 g/mol. The molecule has 2 aromatic carbocycles. The van der Waals surface area contributed by atoms with E-state index in [-0.39, 0.29) is 0 Å². The number of benzene rings is 2. The Balaban J connectivity index is 1.49. The number of rotatable bonds is 6. The van der Waals surface area contributed by atoms with Crippen molar-refractivity contribution in [3.05, 3.63) is 60.0 Å². The van der Waals surface area contributed by atoms with Crippen LogP contribution in [-0.4, -0.2) is 32.0 Å². The molecular formula is C20H19N5O2S. The molecule has 2 heterocycles. The van der Waals surface area contributed by atoms with Crippen molar-refractivity contribution in [1.29, 1.82) is 0 Å². The summed E-state index contributed by atoms with van der Waals surface area (Å²) in [6.45, 7) is 2.06. The summed E-state index contributed by atoms with van der Waals surface area (Å²) in [7, 11) is 3.59. The second-order valence-electron chi connectivity index (χ2n) is 6.21. The highest BCUT2D eigenvalue weighted by atomic mass is 32.2. The van der Waals surface area contributed by atoms with Gasteiger partial charge in [-0.2, -0.15) is 4.98 Å². The predicted molar refractivity (Wildman–Crippen MR) is 107 cm³/mol. The molecule has 0 N–H and O–H groups in total. The van der Waals surface area contributed by atoms with Crippen LogP contribution in [0.3, 0.4) is 0 Å². The first-order valence-electron chi connectivity index (χ1n) is 8.71. The van der Waals surface area contributed by atoms with Crippen LogP contribution in [-0.2, 0) is 12.8 Å². The standard InChI is InChI=1S/C20H19N5O2S/c1-13-7-4-5-10-16(13)19-22-23-20(25(19)2)28-12-17-21-18(24-27-17)14-8-6-9-15(11-14)26-3/h4-11H,12H2,1-3H3. The second-order valence-corrected chi connectivity index (χ2v) is 7.15. The molecule has 0 aliphatic carbocycles. The van der Waals surface area contributed by atoms with Gasteiger partial charge in [0.15, 0.2) is 11.0 Å². The van der Waals surface area contributed by atoms with Gasteiger partial charge in [0.05, 0.1) is 12.9 Å². The molecular weight excluding hydrogens is 374 g/mol. The molecule has 142 valence electrons. The van der Waals surface area contributed by atoms with E-state index in [1.807, 2.05) is 54.1 Å². The maximum absolute atomic E-state index is 5.38. The Labute approximate surface area is 166 Å². The largest absolute Gasteiger partial charge is 0.497 e. The van der Waals surface area contributed by atoms with Crippen molar-refractivity contribution in [1.82, 2.24) is 24.9 Å². The Morgan fingerprint density at radius 1 is 1.11 bits per heavy atom. The summed E-state index contributed by atoms with van der Waals surface area (Å²) in [4.78, 5) is 4.47. The van der Waals surface area contributed by atoms with Crippen LogP contribution in [0.15, 0.2) is 58.2 Å². The van der Waals surface area contributed by atoms with Crippen molar-refractivity contribution in [2.75, 3.05) is 7.11 Å². The van der Waals surface area contributed by atoms with Gasteiger partial charge in [-0.25, -0.2) is 0 Å². The van der Waals surface area contributed by atoms with Crippen LogP contribution < -0.4 is 4.74 Å². The summed E-state index contributed by atoms with van der Waals surface area (Å²) in [5.74, 6) is 3.16. The zero-order chi connectivity index (χ0) is 19.5. The lowest BCUT2D eigenvalue weighted by atomic mass is 10.1. The van der Waals surface area contributed by atoms with Crippen molar-refractivity contribution in [2.24, 2.45) is 7.05 Å². The Morgan fingerprint density at radius 2 is 1.96 bits per heavy atom. The van der Waals surface area contributed by atoms with E-state index >= 15 is 0 Å². The predicted octanol–water partition coefficient (Wildman–Crippen LogP) is 4.14. The molecule has 0 saturated carbocycles. The zero-order valence-electron chi connectivity index (χ0n) is 15.8. The van der Waals surface area contributed by atoms with Crippen molar-refractivity contribution in [2.45, 2.75) is 17.8 Å². The summed E-state index contributed by atoms with van der Waals surface area (Å²) in [5.41, 5.74) is 3.08. The molecule has 0 radical (unpaired) electrons. The SMILES string of the molecule is COc1cccc(-c2noc(CSc3nnc(-c4ccccc4C)n3C)n2)c1. The van der Waals surface area contributed by atoms with Crippen molar-refractivity contribution >= 4 is 11.8 Å². The maximum atomic E-state index is 5.38. The minimum Gasteiger partial charge on any atom is -0.497 e. The van der Waals surface area contributed by atoms with E-state index in [0.29, 0.717) is 17.5 Å². The molecule has 4 rings (SSSR count). The van der Waals surface area contributed by atoms with Gasteiger partial charge >= 0.3 is 0 Å². The lowest BCUT2D eigenvalue weighted by Gasteiger charge is -2.05. The molecule has 2 aromatic heterocycles. The second kappa shape index (κ2) is 7.85. The Hall–Kier alpha value is -3.13. The third-order valence-corrected chi connectivity index (χ3v) is 5.35. The summed E-state index contributed by atoms with van der Waals surface area (Å²) in [6, 6.07) is 15.7. The average Bonchev–Trinajstić information content (AvgIpc) is 3.34. The van der Waals surface area contributed by atoms with Gasteiger partial charge in [-0.05, 0) is 24.6 Å². The van der Waals surface area contributed by atoms with E-state index in [2.05, 4.69) is 33.3 Å².